The molecule has 0 saturated carbocycles. The van der Waals surface area contributed by atoms with Crippen LogP contribution in [0.4, 0.5) is 0 Å². The molecule has 2 aromatic heterocycles. The fourth-order valence-corrected chi connectivity index (χ4v) is 5.04. The summed E-state index contributed by atoms with van der Waals surface area (Å²) in [5.41, 5.74) is 8.49. The van der Waals surface area contributed by atoms with Crippen LogP contribution in [0.25, 0.3) is 61.4 Å². The van der Waals surface area contributed by atoms with Gasteiger partial charge in [0.15, 0.2) is 0 Å². The molecule has 0 radical (unpaired) electrons. The SMILES string of the molecule is c1ccc(-c2ccc(-c3cc(-c4ccccc4)nc(-n4c5ccccc5c5ccccc54)n3)cc2)cc1. The Balaban J connectivity index is 1.45. The smallest absolute Gasteiger partial charge is 0.235 e. The summed E-state index contributed by atoms with van der Waals surface area (Å²) in [5.74, 6) is 0.667. The van der Waals surface area contributed by atoms with E-state index in [1.807, 2.05) is 24.3 Å². The van der Waals surface area contributed by atoms with Crippen molar-refractivity contribution in [2.75, 3.05) is 0 Å². The Labute approximate surface area is 215 Å². The summed E-state index contributed by atoms with van der Waals surface area (Å²) >= 11 is 0. The van der Waals surface area contributed by atoms with Crippen LogP contribution in [0.2, 0.25) is 0 Å². The van der Waals surface area contributed by atoms with E-state index >= 15 is 0 Å². The molecule has 7 aromatic rings. The van der Waals surface area contributed by atoms with Crippen molar-refractivity contribution in [1.29, 1.82) is 0 Å². The highest BCUT2D eigenvalue weighted by Crippen LogP contribution is 2.33. The molecule has 3 nitrogen and oxygen atoms in total. The van der Waals surface area contributed by atoms with Gasteiger partial charge in [-0.05, 0) is 29.3 Å². The van der Waals surface area contributed by atoms with Gasteiger partial charge in [-0.2, -0.15) is 0 Å². The maximum atomic E-state index is 5.13. The van der Waals surface area contributed by atoms with E-state index in [1.165, 1.54) is 21.9 Å². The van der Waals surface area contributed by atoms with E-state index in [1.54, 1.807) is 0 Å². The van der Waals surface area contributed by atoms with E-state index in [0.29, 0.717) is 5.95 Å². The first-order chi connectivity index (χ1) is 18.3. The van der Waals surface area contributed by atoms with Crippen molar-refractivity contribution >= 4 is 21.8 Å². The number of benzene rings is 5. The Kier molecular flexibility index (Phi) is 5.11. The maximum absolute atomic E-state index is 5.13. The molecule has 0 aliphatic carbocycles. The second-order valence-corrected chi connectivity index (χ2v) is 9.12. The minimum absolute atomic E-state index is 0.667. The standard InChI is InChI=1S/C34H23N3/c1-3-11-24(12-4-1)25-19-21-27(22-20-25)31-23-30(26-13-5-2-6-14-26)35-34(36-31)37-32-17-9-7-15-28(32)29-16-8-10-18-33(29)37/h1-23H. The molecule has 0 aliphatic rings. The number of hydrogen-bond donors (Lipinski definition) is 0. The van der Waals surface area contributed by atoms with Gasteiger partial charge in [0, 0.05) is 21.9 Å². The van der Waals surface area contributed by atoms with E-state index in [9.17, 15) is 0 Å². The third-order valence-corrected chi connectivity index (χ3v) is 6.85. The van der Waals surface area contributed by atoms with Crippen LogP contribution in [0.3, 0.4) is 0 Å². The first-order valence-corrected chi connectivity index (χ1v) is 12.4. The van der Waals surface area contributed by atoms with Crippen LogP contribution in [0, 0.1) is 0 Å². The van der Waals surface area contributed by atoms with Crippen molar-refractivity contribution in [2.24, 2.45) is 0 Å². The van der Waals surface area contributed by atoms with E-state index in [2.05, 4.69) is 120 Å². The average molecular weight is 474 g/mol. The van der Waals surface area contributed by atoms with Gasteiger partial charge in [-0.1, -0.05) is 121 Å². The second-order valence-electron chi connectivity index (χ2n) is 9.12. The van der Waals surface area contributed by atoms with Crippen LogP contribution in [0.1, 0.15) is 0 Å². The molecule has 0 saturated heterocycles. The Morgan fingerprint density at radius 2 is 0.784 bits per heavy atom. The normalized spacial score (nSPS) is 11.2. The predicted octanol–water partition coefficient (Wildman–Crippen LogP) is 8.57. The van der Waals surface area contributed by atoms with E-state index in [-0.39, 0.29) is 0 Å². The lowest BCUT2D eigenvalue weighted by molar-refractivity contribution is 0.995. The second kappa shape index (κ2) is 8.89. The summed E-state index contributed by atoms with van der Waals surface area (Å²) in [4.78, 5) is 10.2. The monoisotopic (exact) mass is 473 g/mol. The number of fused-ring (bicyclic) bond motifs is 3. The van der Waals surface area contributed by atoms with Crippen LogP contribution in [0.15, 0.2) is 140 Å². The molecule has 0 amide bonds. The van der Waals surface area contributed by atoms with Crippen molar-refractivity contribution in [3.05, 3.63) is 140 Å². The van der Waals surface area contributed by atoms with Crippen molar-refractivity contribution in [3.63, 3.8) is 0 Å². The highest BCUT2D eigenvalue weighted by Gasteiger charge is 2.16. The molecule has 37 heavy (non-hydrogen) atoms. The first kappa shape index (κ1) is 21.3. The lowest BCUT2D eigenvalue weighted by atomic mass is 10.0. The molecule has 5 aromatic carbocycles. The van der Waals surface area contributed by atoms with Gasteiger partial charge in [-0.25, -0.2) is 9.97 Å². The minimum atomic E-state index is 0.667. The Hall–Kier alpha value is -5.02. The lowest BCUT2D eigenvalue weighted by Crippen LogP contribution is -2.03. The van der Waals surface area contributed by atoms with E-state index in [4.69, 9.17) is 9.97 Å². The van der Waals surface area contributed by atoms with Crippen molar-refractivity contribution in [3.8, 4) is 39.6 Å². The van der Waals surface area contributed by atoms with E-state index < -0.39 is 0 Å². The molecule has 0 atom stereocenters. The predicted molar refractivity (Wildman–Crippen MR) is 153 cm³/mol. The van der Waals surface area contributed by atoms with Gasteiger partial charge in [-0.3, -0.25) is 4.57 Å². The molecular weight excluding hydrogens is 450 g/mol. The number of aromatic nitrogens is 3. The third kappa shape index (κ3) is 3.78. The summed E-state index contributed by atoms with van der Waals surface area (Å²) in [7, 11) is 0. The largest absolute Gasteiger partial charge is 0.278 e. The zero-order valence-corrected chi connectivity index (χ0v) is 20.1. The molecule has 3 heteroatoms. The van der Waals surface area contributed by atoms with Gasteiger partial charge in [-0.15, -0.1) is 0 Å². The molecule has 0 aliphatic heterocycles. The lowest BCUT2D eigenvalue weighted by Gasteiger charge is -2.12. The molecule has 7 rings (SSSR count). The molecule has 0 bridgehead atoms. The van der Waals surface area contributed by atoms with Gasteiger partial charge < -0.3 is 0 Å². The van der Waals surface area contributed by atoms with Crippen molar-refractivity contribution in [2.45, 2.75) is 0 Å². The van der Waals surface area contributed by atoms with Gasteiger partial charge >= 0.3 is 0 Å². The van der Waals surface area contributed by atoms with Crippen LogP contribution >= 0.6 is 0 Å². The zero-order valence-electron chi connectivity index (χ0n) is 20.1. The molecule has 2 heterocycles. The number of para-hydroxylation sites is 2. The van der Waals surface area contributed by atoms with Gasteiger partial charge in [0.2, 0.25) is 5.95 Å². The van der Waals surface area contributed by atoms with E-state index in [0.717, 1.165) is 33.5 Å². The Bertz CT molecular complexity index is 1800. The molecule has 174 valence electrons. The topological polar surface area (TPSA) is 30.7 Å². The van der Waals surface area contributed by atoms with Gasteiger partial charge in [0.1, 0.15) is 0 Å². The fraction of sp³-hybridized carbons (Fsp3) is 0. The summed E-state index contributed by atoms with van der Waals surface area (Å²) in [5, 5.41) is 2.39. The highest BCUT2D eigenvalue weighted by molar-refractivity contribution is 6.09. The molecule has 0 spiro atoms. The van der Waals surface area contributed by atoms with Crippen LogP contribution in [-0.4, -0.2) is 14.5 Å². The average Bonchev–Trinajstić information content (AvgIpc) is 3.32. The number of hydrogen-bond acceptors (Lipinski definition) is 2. The highest BCUT2D eigenvalue weighted by atomic mass is 15.2. The summed E-state index contributed by atoms with van der Waals surface area (Å²) in [6.07, 6.45) is 0. The summed E-state index contributed by atoms with van der Waals surface area (Å²) in [6, 6.07) is 48.4. The number of rotatable bonds is 4. The van der Waals surface area contributed by atoms with Crippen molar-refractivity contribution in [1.82, 2.24) is 14.5 Å². The first-order valence-electron chi connectivity index (χ1n) is 12.4. The fourth-order valence-electron chi connectivity index (χ4n) is 5.04. The van der Waals surface area contributed by atoms with Crippen LogP contribution in [-0.2, 0) is 0 Å². The summed E-state index contributed by atoms with van der Waals surface area (Å²) < 4.78 is 2.18. The molecule has 0 N–H and O–H groups in total. The number of nitrogens with zero attached hydrogens (tertiary/aromatic N) is 3. The quantitative estimate of drug-likeness (QED) is 0.256. The maximum Gasteiger partial charge on any atom is 0.235 e. The molecule has 0 fully saturated rings. The summed E-state index contributed by atoms with van der Waals surface area (Å²) in [6.45, 7) is 0. The minimum Gasteiger partial charge on any atom is -0.278 e. The molecular formula is C34H23N3. The molecule has 0 unspecified atom stereocenters. The Morgan fingerprint density at radius 3 is 1.35 bits per heavy atom. The van der Waals surface area contributed by atoms with Crippen LogP contribution in [0.5, 0.6) is 0 Å². The van der Waals surface area contributed by atoms with Crippen molar-refractivity contribution < 1.29 is 0 Å². The third-order valence-electron chi connectivity index (χ3n) is 6.85. The van der Waals surface area contributed by atoms with Gasteiger partial charge in [0.25, 0.3) is 0 Å². The van der Waals surface area contributed by atoms with Gasteiger partial charge in [0.05, 0.1) is 22.4 Å². The van der Waals surface area contributed by atoms with Crippen LogP contribution < -0.4 is 0 Å². The Morgan fingerprint density at radius 1 is 0.378 bits per heavy atom. The zero-order chi connectivity index (χ0) is 24.6.